The van der Waals surface area contributed by atoms with E-state index in [1.165, 1.54) is 11.3 Å². The Balaban J connectivity index is 1.61. The molecule has 3 amide bonds. The number of nitrogens with one attached hydrogen (secondary N) is 2. The number of aromatic hydroxyl groups is 1. The highest BCUT2D eigenvalue weighted by Crippen LogP contribution is 2.32. The number of hydrogen-bond donors (Lipinski definition) is 4. The summed E-state index contributed by atoms with van der Waals surface area (Å²) in [5, 5.41) is 27.8. The van der Waals surface area contributed by atoms with Crippen LogP contribution in [0.25, 0.3) is 0 Å². The minimum atomic E-state index is -0.954. The Morgan fingerprint density at radius 2 is 1.67 bits per heavy atom. The average Bonchev–Trinajstić information content (AvgIpc) is 3.69. The fourth-order valence-corrected chi connectivity index (χ4v) is 8.37. The maximum atomic E-state index is 15.0. The molecule has 1 aliphatic heterocycles. The molecule has 0 radical (unpaired) electrons. The predicted molar refractivity (Wildman–Crippen MR) is 223 cm³/mol. The van der Waals surface area contributed by atoms with Crippen molar-refractivity contribution in [3.8, 4) is 5.75 Å². The lowest BCUT2D eigenvalue weighted by Gasteiger charge is -2.40. The first-order chi connectivity index (χ1) is 27.2. The van der Waals surface area contributed by atoms with Gasteiger partial charge in [0.1, 0.15) is 28.6 Å². The molecule has 0 spiro atoms. The molecule has 2 aromatic carbocycles. The molecule has 1 fully saturated rings. The van der Waals surface area contributed by atoms with E-state index >= 15 is 0 Å². The van der Waals surface area contributed by atoms with Crippen molar-refractivity contribution in [1.29, 1.82) is 0 Å². The number of aromatic nitrogens is 1. The van der Waals surface area contributed by atoms with Gasteiger partial charge in [-0.25, -0.2) is 4.98 Å². The van der Waals surface area contributed by atoms with Gasteiger partial charge in [0.05, 0.1) is 12.0 Å². The number of phenols is 1. The van der Waals surface area contributed by atoms with Gasteiger partial charge in [-0.3, -0.25) is 24.1 Å². The summed E-state index contributed by atoms with van der Waals surface area (Å²) in [7, 11) is 1.97. The van der Waals surface area contributed by atoms with Crippen LogP contribution in [0, 0.1) is 17.8 Å². The predicted octanol–water partition coefficient (Wildman–Crippen LogP) is 6.84. The number of carboxylic acids is 1. The Bertz CT molecular complexity index is 1740. The smallest absolute Gasteiger partial charge is 0.306 e. The number of benzene rings is 2. The van der Waals surface area contributed by atoms with Crippen LogP contribution in [0.4, 0.5) is 0 Å². The molecule has 1 aromatic heterocycles. The van der Waals surface area contributed by atoms with E-state index in [9.17, 15) is 29.4 Å². The summed E-state index contributed by atoms with van der Waals surface area (Å²) in [4.78, 5) is 62.9. The van der Waals surface area contributed by atoms with Gasteiger partial charge in [0.25, 0.3) is 5.91 Å². The number of carbonyl (C=O) groups is 4. The number of likely N-dealkylation sites (N-methyl/N-ethyl adjacent to an activating group) is 1. The van der Waals surface area contributed by atoms with E-state index in [0.29, 0.717) is 37.4 Å². The topological polar surface area (TPSA) is 161 Å². The number of piperidine rings is 1. The number of amides is 3. The second-order valence-electron chi connectivity index (χ2n) is 15.9. The van der Waals surface area contributed by atoms with Crippen molar-refractivity contribution in [2.45, 2.75) is 123 Å². The second-order valence-corrected chi connectivity index (χ2v) is 16.8. The number of carbonyl (C=O) groups excluding carboxylic acids is 3. The minimum Gasteiger partial charge on any atom is -0.508 e. The Labute approximate surface area is 342 Å². The largest absolute Gasteiger partial charge is 0.508 e. The van der Waals surface area contributed by atoms with Gasteiger partial charge in [0, 0.05) is 37.0 Å². The summed E-state index contributed by atoms with van der Waals surface area (Å²) < 4.78 is 6.33. The Morgan fingerprint density at radius 1 is 0.965 bits per heavy atom. The number of phenolic OH excluding ortho intramolecular Hbond substituents is 1. The van der Waals surface area contributed by atoms with Gasteiger partial charge in [-0.1, -0.05) is 89.9 Å². The monoisotopic (exact) mass is 805 g/mol. The van der Waals surface area contributed by atoms with E-state index in [1.807, 2.05) is 63.1 Å². The van der Waals surface area contributed by atoms with Crippen molar-refractivity contribution in [3.05, 3.63) is 81.8 Å². The van der Waals surface area contributed by atoms with E-state index in [0.717, 1.165) is 36.9 Å². The normalized spacial score (nSPS) is 17.9. The summed E-state index contributed by atoms with van der Waals surface area (Å²) in [5.74, 6) is -2.32. The van der Waals surface area contributed by atoms with Gasteiger partial charge in [-0.2, -0.15) is 0 Å². The van der Waals surface area contributed by atoms with Crippen LogP contribution in [0.5, 0.6) is 5.75 Å². The standard InChI is InChI=1S/C44H63N5O7S/c1-8-29(5)39(47-41(52)36-17-13-14-22-48(36)7)43(53)49(26-32-15-11-10-12-16-32)37(28(3)4)25-38(56-9-2)42-46-35(27-57-42)40(51)45-33(23-30(6)44(54)55)24-31-18-20-34(50)21-19-31/h10-12,15-16,18-21,27-30,33,36-39,50H,8-9,13-14,17,22-26H2,1-7H3,(H,45,51)(H,47,52)(H,54,55)/t29-,30-,33+,36+,37+,38+,39-/m0/s1. The summed E-state index contributed by atoms with van der Waals surface area (Å²) in [5.41, 5.74) is 2.01. The maximum Gasteiger partial charge on any atom is 0.306 e. The minimum absolute atomic E-state index is 0.00186. The lowest BCUT2D eigenvalue weighted by Crippen LogP contribution is -2.58. The summed E-state index contributed by atoms with van der Waals surface area (Å²) in [6.07, 6.45) is 3.95. The van der Waals surface area contributed by atoms with E-state index < -0.39 is 36.0 Å². The number of thiazole rings is 1. The quantitative estimate of drug-likeness (QED) is 0.0904. The van der Waals surface area contributed by atoms with Gasteiger partial charge >= 0.3 is 5.97 Å². The van der Waals surface area contributed by atoms with Gasteiger partial charge < -0.3 is 30.5 Å². The lowest BCUT2D eigenvalue weighted by molar-refractivity contribution is -0.143. The molecular formula is C44H63N5O7S. The Hall–Kier alpha value is -4.33. The van der Waals surface area contributed by atoms with Crippen LogP contribution in [0.1, 0.15) is 113 Å². The zero-order valence-electron chi connectivity index (χ0n) is 34.6. The number of carboxylic acid groups (broad SMARTS) is 1. The molecular weight excluding hydrogens is 743 g/mol. The molecule has 312 valence electrons. The molecule has 0 aliphatic carbocycles. The summed E-state index contributed by atoms with van der Waals surface area (Å²) in [6.45, 7) is 13.3. The molecule has 12 nitrogen and oxygen atoms in total. The van der Waals surface area contributed by atoms with Crippen LogP contribution in [0.2, 0.25) is 0 Å². The molecule has 7 atom stereocenters. The first kappa shape index (κ1) is 45.4. The van der Waals surface area contributed by atoms with Crippen molar-refractivity contribution in [3.63, 3.8) is 0 Å². The van der Waals surface area contributed by atoms with Crippen molar-refractivity contribution < 1.29 is 34.1 Å². The van der Waals surface area contributed by atoms with Crippen molar-refractivity contribution in [1.82, 2.24) is 25.4 Å². The first-order valence-corrected chi connectivity index (χ1v) is 21.3. The van der Waals surface area contributed by atoms with Gasteiger partial charge in [0.15, 0.2) is 0 Å². The van der Waals surface area contributed by atoms with Crippen LogP contribution in [-0.4, -0.2) is 93.1 Å². The third-order valence-electron chi connectivity index (χ3n) is 11.2. The van der Waals surface area contributed by atoms with Gasteiger partial charge in [-0.05, 0) is 81.3 Å². The molecule has 2 heterocycles. The molecule has 3 aromatic rings. The Morgan fingerprint density at radius 3 is 2.28 bits per heavy atom. The van der Waals surface area contributed by atoms with Crippen molar-refractivity contribution in [2.75, 3.05) is 20.2 Å². The number of hydrogen-bond acceptors (Lipinski definition) is 9. The summed E-state index contributed by atoms with van der Waals surface area (Å²) in [6, 6.07) is 14.7. The highest BCUT2D eigenvalue weighted by Gasteiger charge is 2.38. The lowest BCUT2D eigenvalue weighted by atomic mass is 9.91. The van der Waals surface area contributed by atoms with Crippen LogP contribution in [0.15, 0.2) is 60.0 Å². The zero-order chi connectivity index (χ0) is 41.6. The SMILES string of the molecule is CCO[C@H](C[C@H](C(C)C)N(Cc1ccccc1)C(=O)[C@@H](NC(=O)[C@H]1CCCCN1C)[C@@H](C)CC)c1nc(C(=O)N[C@@H](Cc2ccc(O)cc2)C[C@H](C)C(=O)O)cs1. The molecule has 0 saturated carbocycles. The fourth-order valence-electron chi connectivity index (χ4n) is 7.51. The number of nitrogens with zero attached hydrogens (tertiary/aromatic N) is 3. The average molecular weight is 806 g/mol. The van der Waals surface area contributed by atoms with Crippen molar-refractivity contribution >= 4 is 35.0 Å². The third-order valence-corrected chi connectivity index (χ3v) is 12.1. The number of rotatable bonds is 21. The highest BCUT2D eigenvalue weighted by molar-refractivity contribution is 7.09. The van der Waals surface area contributed by atoms with Crippen LogP contribution in [0.3, 0.4) is 0 Å². The number of ether oxygens (including phenoxy) is 1. The molecule has 4 N–H and O–H groups in total. The van der Waals surface area contributed by atoms with E-state index in [-0.39, 0.29) is 53.6 Å². The molecule has 0 bridgehead atoms. The number of aliphatic carboxylic acids is 1. The number of likely N-dealkylation sites (tertiary alicyclic amines) is 1. The van der Waals surface area contributed by atoms with Gasteiger partial charge in [0.2, 0.25) is 11.8 Å². The van der Waals surface area contributed by atoms with Crippen LogP contribution in [-0.2, 0) is 32.1 Å². The zero-order valence-corrected chi connectivity index (χ0v) is 35.5. The molecule has 4 rings (SSSR count). The molecule has 1 aliphatic rings. The molecule has 13 heteroatoms. The van der Waals surface area contributed by atoms with Crippen LogP contribution >= 0.6 is 11.3 Å². The van der Waals surface area contributed by atoms with E-state index in [1.54, 1.807) is 36.6 Å². The first-order valence-electron chi connectivity index (χ1n) is 20.5. The van der Waals surface area contributed by atoms with Crippen LogP contribution < -0.4 is 10.6 Å². The highest BCUT2D eigenvalue weighted by atomic mass is 32.1. The fraction of sp³-hybridized carbons (Fsp3) is 0.568. The van der Waals surface area contributed by atoms with E-state index in [4.69, 9.17) is 9.72 Å². The van der Waals surface area contributed by atoms with Gasteiger partial charge in [-0.15, -0.1) is 11.3 Å². The Kier molecular flexibility index (Phi) is 17.5. The van der Waals surface area contributed by atoms with Crippen molar-refractivity contribution in [2.24, 2.45) is 17.8 Å². The third kappa shape index (κ3) is 13.1. The van der Waals surface area contributed by atoms with E-state index in [2.05, 4.69) is 29.4 Å². The molecule has 57 heavy (non-hydrogen) atoms. The second kappa shape index (κ2) is 22.0. The molecule has 0 unspecified atom stereocenters. The maximum absolute atomic E-state index is 15.0. The summed E-state index contributed by atoms with van der Waals surface area (Å²) >= 11 is 1.31. The molecule has 1 saturated heterocycles.